The number of rotatable bonds is 6. The van der Waals surface area contributed by atoms with Gasteiger partial charge < -0.3 is 15.2 Å². The van der Waals surface area contributed by atoms with Gasteiger partial charge in [0.25, 0.3) is 0 Å². The Bertz CT molecular complexity index is 467. The van der Waals surface area contributed by atoms with Crippen molar-refractivity contribution in [2.75, 3.05) is 32.8 Å². The number of benzene rings is 1. The van der Waals surface area contributed by atoms with Crippen LogP contribution in [0, 0.1) is 5.82 Å². The summed E-state index contributed by atoms with van der Waals surface area (Å²) in [4.78, 5) is 2.49. The summed E-state index contributed by atoms with van der Waals surface area (Å²) in [5, 5.41) is 13.2. The smallest absolute Gasteiger partial charge is 0.129 e. The van der Waals surface area contributed by atoms with Gasteiger partial charge in [0.05, 0.1) is 18.8 Å². The number of nitrogens with zero attached hydrogens (tertiary/aromatic N) is 1. The second-order valence-electron chi connectivity index (χ2n) is 5.91. The van der Waals surface area contributed by atoms with Gasteiger partial charge in [-0.15, -0.1) is 0 Å². The van der Waals surface area contributed by atoms with Crippen molar-refractivity contribution in [3.63, 3.8) is 0 Å². The molecule has 0 bridgehead atoms. The Morgan fingerprint density at radius 3 is 2.95 bits per heavy atom. The molecule has 21 heavy (non-hydrogen) atoms. The topological polar surface area (TPSA) is 44.7 Å². The molecule has 0 unspecified atom stereocenters. The van der Waals surface area contributed by atoms with Crippen LogP contribution < -0.4 is 5.32 Å². The van der Waals surface area contributed by atoms with Gasteiger partial charge in [0.15, 0.2) is 0 Å². The van der Waals surface area contributed by atoms with Crippen LogP contribution in [-0.2, 0) is 4.74 Å². The molecule has 0 amide bonds. The third kappa shape index (κ3) is 4.01. The minimum Gasteiger partial charge on any atom is -0.387 e. The summed E-state index contributed by atoms with van der Waals surface area (Å²) in [5.74, 6) is -0.361. The number of hydrogen-bond donors (Lipinski definition) is 2. The average molecular weight is 294 g/mol. The third-order valence-electron chi connectivity index (χ3n) is 4.21. The lowest BCUT2D eigenvalue weighted by Gasteiger charge is -2.33. The molecule has 0 radical (unpaired) electrons. The fraction of sp³-hybridized carbons (Fsp3) is 0.625. The van der Waals surface area contributed by atoms with E-state index in [9.17, 15) is 9.50 Å². The van der Waals surface area contributed by atoms with Gasteiger partial charge in [0.1, 0.15) is 5.82 Å². The van der Waals surface area contributed by atoms with Crippen molar-refractivity contribution in [2.45, 2.75) is 31.1 Å². The molecule has 1 heterocycles. The van der Waals surface area contributed by atoms with E-state index in [1.807, 2.05) is 0 Å². The third-order valence-corrected chi connectivity index (χ3v) is 4.21. The summed E-state index contributed by atoms with van der Waals surface area (Å²) < 4.78 is 19.3. The van der Waals surface area contributed by atoms with Crippen molar-refractivity contribution in [3.8, 4) is 0 Å². The zero-order chi connectivity index (χ0) is 14.7. The molecule has 116 valence electrons. The van der Waals surface area contributed by atoms with Crippen LogP contribution in [0.4, 0.5) is 4.39 Å². The van der Waals surface area contributed by atoms with Gasteiger partial charge in [-0.25, -0.2) is 4.39 Å². The van der Waals surface area contributed by atoms with Crippen LogP contribution in [-0.4, -0.2) is 54.9 Å². The molecule has 0 spiro atoms. The van der Waals surface area contributed by atoms with Gasteiger partial charge in [0, 0.05) is 37.8 Å². The number of nitrogens with one attached hydrogen (secondary N) is 1. The van der Waals surface area contributed by atoms with Crippen LogP contribution >= 0.6 is 0 Å². The first kappa shape index (κ1) is 14.9. The van der Waals surface area contributed by atoms with Crippen LogP contribution in [0.2, 0.25) is 0 Å². The van der Waals surface area contributed by atoms with Crippen LogP contribution in [0.15, 0.2) is 24.3 Å². The fourth-order valence-corrected chi connectivity index (χ4v) is 2.87. The zero-order valence-corrected chi connectivity index (χ0v) is 12.2. The van der Waals surface area contributed by atoms with Gasteiger partial charge in [-0.05, 0) is 18.9 Å². The SMILES string of the molecule is O[C@H](CNC[C@H]1CN(C2CC2)CCO1)c1ccccc1F. The average Bonchev–Trinajstić information content (AvgIpc) is 3.32. The molecule has 0 aromatic heterocycles. The number of aliphatic hydroxyl groups is 1. The van der Waals surface area contributed by atoms with Crippen LogP contribution in [0.25, 0.3) is 0 Å². The van der Waals surface area contributed by atoms with Gasteiger partial charge in [0.2, 0.25) is 0 Å². The minimum atomic E-state index is -0.825. The van der Waals surface area contributed by atoms with Crippen molar-refractivity contribution in [1.29, 1.82) is 0 Å². The molecule has 1 saturated carbocycles. The molecule has 4 nitrogen and oxygen atoms in total. The number of morpholine rings is 1. The monoisotopic (exact) mass is 294 g/mol. The largest absolute Gasteiger partial charge is 0.387 e. The lowest BCUT2D eigenvalue weighted by molar-refractivity contribution is -0.0309. The summed E-state index contributed by atoms with van der Waals surface area (Å²) >= 11 is 0. The zero-order valence-electron chi connectivity index (χ0n) is 12.2. The molecular formula is C16H23FN2O2. The maximum atomic E-state index is 13.5. The number of hydrogen-bond acceptors (Lipinski definition) is 4. The lowest BCUT2D eigenvalue weighted by atomic mass is 10.1. The highest BCUT2D eigenvalue weighted by Crippen LogP contribution is 2.28. The van der Waals surface area contributed by atoms with Crippen molar-refractivity contribution in [1.82, 2.24) is 10.2 Å². The molecule has 1 saturated heterocycles. The maximum absolute atomic E-state index is 13.5. The van der Waals surface area contributed by atoms with Crippen LogP contribution in [0.3, 0.4) is 0 Å². The molecule has 2 fully saturated rings. The van der Waals surface area contributed by atoms with E-state index >= 15 is 0 Å². The second-order valence-corrected chi connectivity index (χ2v) is 5.91. The van der Waals surface area contributed by atoms with Gasteiger partial charge in [-0.1, -0.05) is 18.2 Å². The summed E-state index contributed by atoms with van der Waals surface area (Å²) in [7, 11) is 0. The Hall–Kier alpha value is -1.01. The van der Waals surface area contributed by atoms with E-state index in [1.54, 1.807) is 18.2 Å². The highest BCUT2D eigenvalue weighted by Gasteiger charge is 2.32. The molecule has 1 aromatic rings. The molecule has 5 heteroatoms. The molecule has 2 atom stereocenters. The summed E-state index contributed by atoms with van der Waals surface area (Å²) in [6.45, 7) is 3.78. The fourth-order valence-electron chi connectivity index (χ4n) is 2.87. The van der Waals surface area contributed by atoms with Crippen molar-refractivity contribution >= 4 is 0 Å². The second kappa shape index (κ2) is 6.83. The first-order chi connectivity index (χ1) is 10.2. The highest BCUT2D eigenvalue weighted by molar-refractivity contribution is 5.19. The number of halogens is 1. The van der Waals surface area contributed by atoms with E-state index in [1.165, 1.54) is 18.9 Å². The molecule has 1 aliphatic carbocycles. The van der Waals surface area contributed by atoms with E-state index in [0.717, 1.165) is 25.7 Å². The first-order valence-electron chi connectivity index (χ1n) is 7.73. The molecule has 1 aliphatic heterocycles. The van der Waals surface area contributed by atoms with Gasteiger partial charge in [-0.2, -0.15) is 0 Å². The Balaban J connectivity index is 1.42. The van der Waals surface area contributed by atoms with E-state index in [2.05, 4.69) is 10.2 Å². The van der Waals surface area contributed by atoms with E-state index < -0.39 is 6.10 Å². The molecule has 2 aliphatic rings. The van der Waals surface area contributed by atoms with Gasteiger partial charge >= 0.3 is 0 Å². The summed E-state index contributed by atoms with van der Waals surface area (Å²) in [6.07, 6.45) is 1.96. The lowest BCUT2D eigenvalue weighted by Crippen LogP contribution is -2.47. The van der Waals surface area contributed by atoms with Crippen molar-refractivity contribution < 1.29 is 14.2 Å². The van der Waals surface area contributed by atoms with Gasteiger partial charge in [-0.3, -0.25) is 4.90 Å². The quantitative estimate of drug-likeness (QED) is 0.830. The summed E-state index contributed by atoms with van der Waals surface area (Å²) in [6, 6.07) is 7.12. The highest BCUT2D eigenvalue weighted by atomic mass is 19.1. The Labute approximate surface area is 124 Å². The normalized spacial score (nSPS) is 25.0. The predicted octanol–water partition coefficient (Wildman–Crippen LogP) is 1.31. The van der Waals surface area contributed by atoms with Crippen LogP contribution in [0.1, 0.15) is 24.5 Å². The molecule has 1 aromatic carbocycles. The minimum absolute atomic E-state index is 0.159. The summed E-state index contributed by atoms with van der Waals surface area (Å²) in [5.41, 5.74) is 0.342. The number of aliphatic hydroxyl groups excluding tert-OH is 1. The number of ether oxygens (including phenoxy) is 1. The molecular weight excluding hydrogens is 271 g/mol. The standard InChI is InChI=1S/C16H23FN2O2/c17-15-4-2-1-3-14(15)16(20)10-18-9-13-11-19(7-8-21-13)12-5-6-12/h1-4,12-13,16,18,20H,5-11H2/t13-,16+/m0/s1. The predicted molar refractivity (Wildman–Crippen MR) is 78.6 cm³/mol. The first-order valence-corrected chi connectivity index (χ1v) is 7.73. The Kier molecular flexibility index (Phi) is 4.85. The Morgan fingerprint density at radius 1 is 1.38 bits per heavy atom. The van der Waals surface area contributed by atoms with E-state index in [0.29, 0.717) is 18.7 Å². The Morgan fingerprint density at radius 2 is 2.19 bits per heavy atom. The molecule has 2 N–H and O–H groups in total. The molecule has 3 rings (SSSR count). The van der Waals surface area contributed by atoms with Crippen molar-refractivity contribution in [2.24, 2.45) is 0 Å². The van der Waals surface area contributed by atoms with E-state index in [4.69, 9.17) is 4.74 Å². The van der Waals surface area contributed by atoms with Crippen LogP contribution in [0.5, 0.6) is 0 Å². The van der Waals surface area contributed by atoms with E-state index in [-0.39, 0.29) is 11.9 Å². The van der Waals surface area contributed by atoms with Crippen molar-refractivity contribution in [3.05, 3.63) is 35.6 Å². The maximum Gasteiger partial charge on any atom is 0.129 e.